The van der Waals surface area contributed by atoms with Crippen LogP contribution in [0.15, 0.2) is 47.3 Å². The van der Waals surface area contributed by atoms with Gasteiger partial charge in [-0.1, -0.05) is 34.1 Å². The fraction of sp³-hybridized carbons (Fsp3) is 0.0769. The quantitative estimate of drug-likeness (QED) is 0.853. The summed E-state index contributed by atoms with van der Waals surface area (Å²) >= 11 is 3.42. The fourth-order valence-electron chi connectivity index (χ4n) is 1.40. The molecule has 1 aromatic heterocycles. The molecule has 4 nitrogen and oxygen atoms in total. The van der Waals surface area contributed by atoms with Crippen LogP contribution in [0.2, 0.25) is 0 Å². The first-order valence-corrected chi connectivity index (χ1v) is 6.22. The van der Waals surface area contributed by atoms with Gasteiger partial charge in [-0.2, -0.15) is 0 Å². The molecule has 0 saturated heterocycles. The van der Waals surface area contributed by atoms with Crippen LogP contribution in [0, 0.1) is 0 Å². The second-order valence-electron chi connectivity index (χ2n) is 3.65. The normalized spacial score (nSPS) is 10.7. The van der Waals surface area contributed by atoms with Gasteiger partial charge in [0.15, 0.2) is 0 Å². The average molecular weight is 306 g/mol. The van der Waals surface area contributed by atoms with E-state index in [9.17, 15) is 4.79 Å². The van der Waals surface area contributed by atoms with E-state index in [1.54, 1.807) is 18.6 Å². The summed E-state index contributed by atoms with van der Waals surface area (Å²) in [6.07, 6.45) is 6.54. The van der Waals surface area contributed by atoms with Gasteiger partial charge in [0, 0.05) is 16.7 Å². The minimum Gasteiger partial charge on any atom is -0.347 e. The molecule has 5 heteroatoms. The number of carbonyl (C=O) groups excluding carboxylic acids is 1. The van der Waals surface area contributed by atoms with E-state index in [4.69, 9.17) is 0 Å². The molecule has 0 unspecified atom stereocenters. The summed E-state index contributed by atoms with van der Waals surface area (Å²) in [6, 6.07) is 7.72. The number of amides is 1. The van der Waals surface area contributed by atoms with Crippen molar-refractivity contribution in [3.63, 3.8) is 0 Å². The molecule has 1 amide bonds. The molecule has 2 rings (SSSR count). The van der Waals surface area contributed by atoms with Crippen molar-refractivity contribution in [2.24, 2.45) is 0 Å². The van der Waals surface area contributed by atoms with Crippen molar-refractivity contribution in [1.82, 2.24) is 15.3 Å². The number of aromatic nitrogens is 2. The number of aromatic amines is 1. The zero-order chi connectivity index (χ0) is 12.8. The number of nitrogens with zero attached hydrogens (tertiary/aromatic N) is 1. The highest BCUT2D eigenvalue weighted by molar-refractivity contribution is 9.10. The van der Waals surface area contributed by atoms with Gasteiger partial charge in [-0.05, 0) is 17.7 Å². The first-order chi connectivity index (χ1) is 8.75. The van der Waals surface area contributed by atoms with E-state index in [1.807, 2.05) is 24.3 Å². The molecule has 0 spiro atoms. The zero-order valence-corrected chi connectivity index (χ0v) is 11.1. The van der Waals surface area contributed by atoms with E-state index in [1.165, 1.54) is 6.08 Å². The number of hydrogen-bond donors (Lipinski definition) is 2. The molecule has 0 radical (unpaired) electrons. The summed E-state index contributed by atoms with van der Waals surface area (Å²) < 4.78 is 0.961. The van der Waals surface area contributed by atoms with Crippen LogP contribution in [0.4, 0.5) is 0 Å². The Hall–Kier alpha value is -1.88. The molecule has 1 aromatic carbocycles. The SMILES string of the molecule is O=C(C=Cc1ccccc1Br)NCc1cnc[nH]1. The standard InChI is InChI=1S/C13H12BrN3O/c14-12-4-2-1-3-10(12)5-6-13(18)16-8-11-7-15-9-17-11/h1-7,9H,8H2,(H,15,17)(H,16,18). The predicted octanol–water partition coefficient (Wildman–Crippen LogP) is 2.50. The molecule has 0 bridgehead atoms. The van der Waals surface area contributed by atoms with Gasteiger partial charge in [0.25, 0.3) is 0 Å². The Kier molecular flexibility index (Phi) is 4.30. The lowest BCUT2D eigenvalue weighted by molar-refractivity contribution is -0.116. The summed E-state index contributed by atoms with van der Waals surface area (Å²) in [5.41, 5.74) is 1.84. The lowest BCUT2D eigenvalue weighted by atomic mass is 10.2. The third-order valence-corrected chi connectivity index (χ3v) is 3.05. The summed E-state index contributed by atoms with van der Waals surface area (Å²) in [5, 5.41) is 2.76. The monoisotopic (exact) mass is 305 g/mol. The number of imidazole rings is 1. The minimum atomic E-state index is -0.139. The van der Waals surface area contributed by atoms with Gasteiger partial charge >= 0.3 is 0 Å². The number of H-pyrrole nitrogens is 1. The third-order valence-electron chi connectivity index (χ3n) is 2.33. The second-order valence-corrected chi connectivity index (χ2v) is 4.50. The van der Waals surface area contributed by atoms with Gasteiger partial charge in [0.05, 0.1) is 18.6 Å². The highest BCUT2D eigenvalue weighted by atomic mass is 79.9. The van der Waals surface area contributed by atoms with E-state index in [-0.39, 0.29) is 5.91 Å². The third kappa shape index (κ3) is 3.56. The molecule has 2 aromatic rings. The summed E-state index contributed by atoms with van der Waals surface area (Å²) in [4.78, 5) is 18.4. The average Bonchev–Trinajstić information content (AvgIpc) is 2.88. The lowest BCUT2D eigenvalue weighted by Gasteiger charge is -1.99. The number of carbonyl (C=O) groups is 1. The van der Waals surface area contributed by atoms with E-state index in [0.29, 0.717) is 6.54 Å². The summed E-state index contributed by atoms with van der Waals surface area (Å²) in [5.74, 6) is -0.139. The van der Waals surface area contributed by atoms with E-state index < -0.39 is 0 Å². The van der Waals surface area contributed by atoms with E-state index >= 15 is 0 Å². The van der Waals surface area contributed by atoms with Crippen LogP contribution in [0.1, 0.15) is 11.3 Å². The molecular formula is C13H12BrN3O. The molecule has 0 aliphatic carbocycles. The molecule has 0 aliphatic rings. The van der Waals surface area contributed by atoms with Crippen molar-refractivity contribution in [2.45, 2.75) is 6.54 Å². The van der Waals surface area contributed by atoms with Gasteiger partial charge in [0.2, 0.25) is 5.91 Å². The number of nitrogens with one attached hydrogen (secondary N) is 2. The highest BCUT2D eigenvalue weighted by Crippen LogP contribution is 2.16. The van der Waals surface area contributed by atoms with Crippen molar-refractivity contribution < 1.29 is 4.79 Å². The largest absolute Gasteiger partial charge is 0.347 e. The Morgan fingerprint density at radius 3 is 3.00 bits per heavy atom. The van der Waals surface area contributed by atoms with Crippen molar-refractivity contribution >= 4 is 27.9 Å². The van der Waals surface area contributed by atoms with Crippen LogP contribution in [-0.2, 0) is 11.3 Å². The topological polar surface area (TPSA) is 57.8 Å². The molecular weight excluding hydrogens is 294 g/mol. The number of hydrogen-bond acceptors (Lipinski definition) is 2. The highest BCUT2D eigenvalue weighted by Gasteiger charge is 1.98. The van der Waals surface area contributed by atoms with Crippen LogP contribution in [0.25, 0.3) is 6.08 Å². The van der Waals surface area contributed by atoms with Gasteiger partial charge in [-0.3, -0.25) is 4.79 Å². The Morgan fingerprint density at radius 2 is 2.28 bits per heavy atom. The summed E-state index contributed by atoms with van der Waals surface area (Å²) in [6.45, 7) is 0.444. The Bertz CT molecular complexity index is 549. The minimum absolute atomic E-state index is 0.139. The molecule has 2 N–H and O–H groups in total. The van der Waals surface area contributed by atoms with Crippen molar-refractivity contribution in [2.75, 3.05) is 0 Å². The molecule has 0 atom stereocenters. The fourth-order valence-corrected chi connectivity index (χ4v) is 1.82. The maximum Gasteiger partial charge on any atom is 0.244 e. The number of benzene rings is 1. The molecule has 0 aliphatic heterocycles. The second kappa shape index (κ2) is 6.16. The Morgan fingerprint density at radius 1 is 1.44 bits per heavy atom. The van der Waals surface area contributed by atoms with Crippen LogP contribution < -0.4 is 5.32 Å². The summed E-state index contributed by atoms with van der Waals surface area (Å²) in [7, 11) is 0. The van der Waals surface area contributed by atoms with Gasteiger partial charge in [-0.15, -0.1) is 0 Å². The van der Waals surface area contributed by atoms with E-state index in [2.05, 4.69) is 31.2 Å². The maximum absolute atomic E-state index is 11.6. The van der Waals surface area contributed by atoms with Gasteiger partial charge in [-0.25, -0.2) is 4.98 Å². The first-order valence-electron chi connectivity index (χ1n) is 5.43. The zero-order valence-electron chi connectivity index (χ0n) is 9.56. The molecule has 1 heterocycles. The van der Waals surface area contributed by atoms with Crippen LogP contribution in [0.5, 0.6) is 0 Å². The predicted molar refractivity (Wildman–Crippen MR) is 73.6 cm³/mol. The molecule has 92 valence electrons. The van der Waals surface area contributed by atoms with Crippen LogP contribution in [0.3, 0.4) is 0 Å². The Labute approximate surface area is 113 Å². The maximum atomic E-state index is 11.6. The van der Waals surface area contributed by atoms with Gasteiger partial charge in [0.1, 0.15) is 0 Å². The number of halogens is 1. The molecule has 0 saturated carbocycles. The van der Waals surface area contributed by atoms with Crippen molar-refractivity contribution in [1.29, 1.82) is 0 Å². The van der Waals surface area contributed by atoms with E-state index in [0.717, 1.165) is 15.7 Å². The van der Waals surface area contributed by atoms with Crippen molar-refractivity contribution in [3.8, 4) is 0 Å². The Balaban J connectivity index is 1.89. The van der Waals surface area contributed by atoms with Gasteiger partial charge < -0.3 is 10.3 Å². The van der Waals surface area contributed by atoms with Crippen LogP contribution in [-0.4, -0.2) is 15.9 Å². The van der Waals surface area contributed by atoms with Crippen molar-refractivity contribution in [3.05, 3.63) is 58.6 Å². The molecule has 18 heavy (non-hydrogen) atoms. The van der Waals surface area contributed by atoms with Crippen LogP contribution >= 0.6 is 15.9 Å². The first kappa shape index (κ1) is 12.6. The smallest absolute Gasteiger partial charge is 0.244 e. The molecule has 0 fully saturated rings. The lowest BCUT2D eigenvalue weighted by Crippen LogP contribution is -2.20. The number of rotatable bonds is 4.